The molecule has 1 aromatic carbocycles. The van der Waals surface area contributed by atoms with Gasteiger partial charge in [0.05, 0.1) is 18.3 Å². The summed E-state index contributed by atoms with van der Waals surface area (Å²) in [4.78, 5) is 34.5. The van der Waals surface area contributed by atoms with Gasteiger partial charge < -0.3 is 20.4 Å². The molecule has 9 heteroatoms. The average molecular weight is 514 g/mol. The number of aromatic nitrogens is 1. The average Bonchev–Trinajstić information content (AvgIpc) is 3.41. The number of likely N-dealkylation sites (tertiary alicyclic amines) is 1. The molecule has 2 N–H and O–H groups in total. The summed E-state index contributed by atoms with van der Waals surface area (Å²) in [6.07, 6.45) is 7.54. The molecule has 1 saturated carbocycles. The van der Waals surface area contributed by atoms with E-state index in [4.69, 9.17) is 0 Å². The maximum absolute atomic E-state index is 15.1. The van der Waals surface area contributed by atoms with Gasteiger partial charge in [-0.05, 0) is 75.9 Å². The SMILES string of the molecule is CN[C@@H](C)C(=O)N[C@H](C(=O)N1CCC[C@H]1c1cc(N(C)c2ccc(F)cc2)ncc1F)C1CCCCC1. The Kier molecular flexibility index (Phi) is 8.74. The van der Waals surface area contributed by atoms with E-state index in [1.54, 1.807) is 49.0 Å². The smallest absolute Gasteiger partial charge is 0.245 e. The van der Waals surface area contributed by atoms with E-state index in [1.807, 2.05) is 0 Å². The fraction of sp³-hybridized carbons (Fsp3) is 0.536. The predicted molar refractivity (Wildman–Crippen MR) is 139 cm³/mol. The lowest BCUT2D eigenvalue weighted by Gasteiger charge is -2.35. The monoisotopic (exact) mass is 513 g/mol. The summed E-state index contributed by atoms with van der Waals surface area (Å²) in [5.41, 5.74) is 1.12. The third-order valence-electron chi connectivity index (χ3n) is 7.83. The number of nitrogens with zero attached hydrogens (tertiary/aromatic N) is 3. The second kappa shape index (κ2) is 12.0. The molecule has 2 heterocycles. The molecule has 0 spiro atoms. The Balaban J connectivity index is 1.60. The molecule has 7 nitrogen and oxygen atoms in total. The molecule has 1 saturated heterocycles. The minimum Gasteiger partial charge on any atom is -0.343 e. The Morgan fingerprint density at radius 3 is 2.46 bits per heavy atom. The number of hydrogen-bond donors (Lipinski definition) is 2. The van der Waals surface area contributed by atoms with Crippen molar-refractivity contribution in [2.24, 2.45) is 5.92 Å². The number of anilines is 2. The van der Waals surface area contributed by atoms with Crippen molar-refractivity contribution in [2.75, 3.05) is 25.5 Å². The zero-order valence-corrected chi connectivity index (χ0v) is 21.8. The molecule has 1 aromatic heterocycles. The quantitative estimate of drug-likeness (QED) is 0.545. The van der Waals surface area contributed by atoms with E-state index in [9.17, 15) is 14.0 Å². The Labute approximate surface area is 217 Å². The summed E-state index contributed by atoms with van der Waals surface area (Å²) in [6.45, 7) is 2.27. The van der Waals surface area contributed by atoms with Crippen molar-refractivity contribution >= 4 is 23.3 Å². The molecular formula is C28H37F2N5O2. The van der Waals surface area contributed by atoms with Crippen LogP contribution in [0.4, 0.5) is 20.3 Å². The number of nitrogens with one attached hydrogen (secondary N) is 2. The largest absolute Gasteiger partial charge is 0.343 e. The molecule has 1 aliphatic heterocycles. The predicted octanol–water partition coefficient (Wildman–Crippen LogP) is 4.46. The van der Waals surface area contributed by atoms with Gasteiger partial charge >= 0.3 is 0 Å². The molecule has 2 amide bonds. The highest BCUT2D eigenvalue weighted by Gasteiger charge is 2.40. The minimum atomic E-state index is -0.629. The van der Waals surface area contributed by atoms with E-state index >= 15 is 4.39 Å². The Morgan fingerprint density at radius 1 is 1.08 bits per heavy atom. The van der Waals surface area contributed by atoms with E-state index in [0.29, 0.717) is 30.0 Å². The first-order valence-electron chi connectivity index (χ1n) is 13.2. The van der Waals surface area contributed by atoms with Crippen LogP contribution in [0.25, 0.3) is 0 Å². The van der Waals surface area contributed by atoms with Crippen LogP contribution in [0, 0.1) is 17.6 Å². The molecule has 0 radical (unpaired) electrons. The van der Waals surface area contributed by atoms with Crippen LogP contribution in [0.3, 0.4) is 0 Å². The summed E-state index contributed by atoms with van der Waals surface area (Å²) in [7, 11) is 3.50. The maximum atomic E-state index is 15.1. The molecule has 1 aliphatic carbocycles. The van der Waals surface area contributed by atoms with Gasteiger partial charge in [-0.1, -0.05) is 19.3 Å². The van der Waals surface area contributed by atoms with Crippen molar-refractivity contribution in [1.82, 2.24) is 20.5 Å². The number of hydrogen-bond acceptors (Lipinski definition) is 5. The lowest BCUT2D eigenvalue weighted by molar-refractivity contribution is -0.139. The van der Waals surface area contributed by atoms with Gasteiger partial charge in [0.15, 0.2) is 0 Å². The standard InChI is InChI=1S/C28H37F2N5O2/c1-18(31-2)27(36)33-26(19-8-5-4-6-9-19)28(37)35-15-7-10-24(35)22-16-25(32-17-23(22)30)34(3)21-13-11-20(29)12-14-21/h11-14,16-19,24,26,31H,4-10,15H2,1-3H3,(H,33,36)/t18-,24-,26-/m0/s1. The van der Waals surface area contributed by atoms with Gasteiger partial charge in [0, 0.05) is 24.8 Å². The number of carbonyl (C=O) groups is 2. The first-order chi connectivity index (χ1) is 17.8. The van der Waals surface area contributed by atoms with Gasteiger partial charge in [0.25, 0.3) is 0 Å². The highest BCUT2D eigenvalue weighted by atomic mass is 19.1. The number of rotatable bonds is 8. The van der Waals surface area contributed by atoms with Gasteiger partial charge in [-0.15, -0.1) is 0 Å². The maximum Gasteiger partial charge on any atom is 0.245 e. The van der Waals surface area contributed by atoms with E-state index < -0.39 is 23.9 Å². The van der Waals surface area contributed by atoms with Crippen LogP contribution >= 0.6 is 0 Å². The molecule has 3 atom stereocenters. The number of pyridine rings is 1. The number of amides is 2. The first kappa shape index (κ1) is 27.0. The summed E-state index contributed by atoms with van der Waals surface area (Å²) in [5, 5.41) is 5.96. The number of carbonyl (C=O) groups excluding carboxylic acids is 2. The van der Waals surface area contributed by atoms with Crippen molar-refractivity contribution in [3.8, 4) is 0 Å². The van der Waals surface area contributed by atoms with E-state index in [-0.39, 0.29) is 23.5 Å². The molecule has 200 valence electrons. The third-order valence-corrected chi connectivity index (χ3v) is 7.83. The molecule has 2 fully saturated rings. The van der Waals surface area contributed by atoms with Gasteiger partial charge in [-0.3, -0.25) is 9.59 Å². The van der Waals surface area contributed by atoms with Gasteiger partial charge in [-0.2, -0.15) is 0 Å². The van der Waals surface area contributed by atoms with Crippen molar-refractivity contribution < 1.29 is 18.4 Å². The van der Waals surface area contributed by atoms with E-state index in [2.05, 4.69) is 15.6 Å². The lowest BCUT2D eigenvalue weighted by Crippen LogP contribution is -2.55. The Bertz CT molecular complexity index is 1090. The molecule has 0 unspecified atom stereocenters. The van der Waals surface area contributed by atoms with Crippen LogP contribution in [-0.4, -0.2) is 54.4 Å². The van der Waals surface area contributed by atoms with Crippen LogP contribution in [0.5, 0.6) is 0 Å². The highest BCUT2D eigenvalue weighted by Crippen LogP contribution is 2.37. The zero-order valence-electron chi connectivity index (χ0n) is 21.8. The fourth-order valence-corrected chi connectivity index (χ4v) is 5.47. The van der Waals surface area contributed by atoms with Crippen LogP contribution in [-0.2, 0) is 9.59 Å². The number of halogens is 2. The van der Waals surface area contributed by atoms with E-state index in [1.165, 1.54) is 18.3 Å². The second-order valence-electron chi connectivity index (χ2n) is 10.2. The summed E-state index contributed by atoms with van der Waals surface area (Å²) in [5.74, 6) is -0.590. The Morgan fingerprint density at radius 2 is 1.78 bits per heavy atom. The van der Waals surface area contributed by atoms with Crippen molar-refractivity contribution in [1.29, 1.82) is 0 Å². The number of likely N-dealkylation sites (N-methyl/N-ethyl adjacent to an activating group) is 1. The normalized spacial score (nSPS) is 19.9. The van der Waals surface area contributed by atoms with Crippen LogP contribution in [0.2, 0.25) is 0 Å². The second-order valence-corrected chi connectivity index (χ2v) is 10.2. The lowest BCUT2D eigenvalue weighted by atomic mass is 9.83. The molecule has 0 bridgehead atoms. The zero-order chi connectivity index (χ0) is 26.5. The molecule has 37 heavy (non-hydrogen) atoms. The molecule has 2 aliphatic rings. The minimum absolute atomic E-state index is 0.0676. The van der Waals surface area contributed by atoms with Gasteiger partial charge in [0.2, 0.25) is 11.8 Å². The first-order valence-corrected chi connectivity index (χ1v) is 13.2. The molecule has 2 aromatic rings. The van der Waals surface area contributed by atoms with Crippen LogP contribution < -0.4 is 15.5 Å². The fourth-order valence-electron chi connectivity index (χ4n) is 5.47. The third kappa shape index (κ3) is 6.09. The molecule has 4 rings (SSSR count). The summed E-state index contributed by atoms with van der Waals surface area (Å²) >= 11 is 0. The van der Waals surface area contributed by atoms with E-state index in [0.717, 1.165) is 38.5 Å². The van der Waals surface area contributed by atoms with Gasteiger partial charge in [-0.25, -0.2) is 13.8 Å². The van der Waals surface area contributed by atoms with Crippen LogP contribution in [0.15, 0.2) is 36.5 Å². The van der Waals surface area contributed by atoms with Crippen LogP contribution in [0.1, 0.15) is 63.5 Å². The van der Waals surface area contributed by atoms with Crippen molar-refractivity contribution in [2.45, 2.75) is 70.0 Å². The summed E-state index contributed by atoms with van der Waals surface area (Å²) < 4.78 is 28.5. The topological polar surface area (TPSA) is 77.6 Å². The summed E-state index contributed by atoms with van der Waals surface area (Å²) in [6, 6.07) is 6.17. The van der Waals surface area contributed by atoms with Crippen molar-refractivity contribution in [3.05, 3.63) is 53.7 Å². The van der Waals surface area contributed by atoms with Crippen molar-refractivity contribution in [3.63, 3.8) is 0 Å². The van der Waals surface area contributed by atoms with Gasteiger partial charge in [0.1, 0.15) is 23.5 Å². The Hall–Kier alpha value is -3.07. The molecular weight excluding hydrogens is 476 g/mol. The number of benzene rings is 1. The highest BCUT2D eigenvalue weighted by molar-refractivity contribution is 5.90.